The van der Waals surface area contributed by atoms with Gasteiger partial charge in [0.2, 0.25) is 5.91 Å². The Morgan fingerprint density at radius 1 is 1.32 bits per heavy atom. The van der Waals surface area contributed by atoms with E-state index in [0.29, 0.717) is 6.54 Å². The Labute approximate surface area is 149 Å². The van der Waals surface area contributed by atoms with Crippen LogP contribution >= 0.6 is 11.3 Å². The minimum Gasteiger partial charge on any atom is -0.353 e. The van der Waals surface area contributed by atoms with Gasteiger partial charge in [0.1, 0.15) is 5.82 Å². The second-order valence-corrected chi connectivity index (χ2v) is 7.14. The van der Waals surface area contributed by atoms with Crippen LogP contribution in [-0.4, -0.2) is 22.2 Å². The Morgan fingerprint density at radius 3 is 2.72 bits per heavy atom. The molecule has 25 heavy (non-hydrogen) atoms. The van der Waals surface area contributed by atoms with Crippen LogP contribution in [0.1, 0.15) is 30.0 Å². The molecule has 1 aromatic carbocycles. The van der Waals surface area contributed by atoms with Gasteiger partial charge in [0.25, 0.3) is 0 Å². The number of halogens is 1. The van der Waals surface area contributed by atoms with Gasteiger partial charge in [-0.15, -0.1) is 0 Å². The molecule has 1 N–H and O–H groups in total. The molecule has 0 bridgehead atoms. The highest BCUT2D eigenvalue weighted by molar-refractivity contribution is 7.07. The number of benzene rings is 1. The summed E-state index contributed by atoms with van der Waals surface area (Å²) in [5.74, 6) is -0.275. The summed E-state index contributed by atoms with van der Waals surface area (Å²) in [6, 6.07) is 10.2. The number of nitrogens with zero attached hydrogens (tertiary/aromatic N) is 2. The molecule has 1 aliphatic carbocycles. The Bertz CT molecular complexity index is 805. The predicted molar refractivity (Wildman–Crippen MR) is 95.0 cm³/mol. The average Bonchev–Trinajstić information content (AvgIpc) is 3.02. The molecule has 0 radical (unpaired) electrons. The Kier molecular flexibility index (Phi) is 4.13. The Morgan fingerprint density at radius 2 is 2.12 bits per heavy atom. The molecule has 6 heteroatoms. The van der Waals surface area contributed by atoms with Crippen molar-refractivity contribution in [3.63, 3.8) is 0 Å². The maximum Gasteiger partial charge on any atom is 0.230 e. The predicted octanol–water partition coefficient (Wildman–Crippen LogP) is 3.52. The lowest BCUT2D eigenvalue weighted by atomic mass is 9.95. The SMILES string of the molecule is O=C(NC[C@@H](c1ccsc1)n1cccn1)C1(c2ccc(F)cc2)CC1. The molecule has 2 heterocycles. The van der Waals surface area contributed by atoms with E-state index in [1.807, 2.05) is 22.3 Å². The normalized spacial score (nSPS) is 16.4. The standard InChI is InChI=1S/C19H18FN3OS/c20-16-4-2-15(3-5-16)19(7-8-19)18(24)21-12-17(14-6-11-25-13-14)23-10-1-9-22-23/h1-6,9-11,13,17H,7-8,12H2,(H,21,24)/t17-/m0/s1. The van der Waals surface area contributed by atoms with Crippen molar-refractivity contribution in [2.75, 3.05) is 6.54 Å². The quantitative estimate of drug-likeness (QED) is 0.735. The Balaban J connectivity index is 1.50. The van der Waals surface area contributed by atoms with Crippen molar-refractivity contribution < 1.29 is 9.18 Å². The minimum atomic E-state index is -0.503. The van der Waals surface area contributed by atoms with Crippen molar-refractivity contribution in [1.29, 1.82) is 0 Å². The number of hydrogen-bond acceptors (Lipinski definition) is 3. The third-order valence-electron chi connectivity index (χ3n) is 4.81. The van der Waals surface area contributed by atoms with Crippen LogP contribution in [0.2, 0.25) is 0 Å². The summed E-state index contributed by atoms with van der Waals surface area (Å²) in [6.07, 6.45) is 5.24. The van der Waals surface area contributed by atoms with E-state index in [1.165, 1.54) is 12.1 Å². The molecule has 0 unspecified atom stereocenters. The van der Waals surface area contributed by atoms with Gasteiger partial charge in [0, 0.05) is 18.9 Å². The molecule has 1 fully saturated rings. The van der Waals surface area contributed by atoms with Gasteiger partial charge in [0.15, 0.2) is 0 Å². The number of aromatic nitrogens is 2. The van der Waals surface area contributed by atoms with E-state index < -0.39 is 5.41 Å². The van der Waals surface area contributed by atoms with E-state index in [9.17, 15) is 9.18 Å². The van der Waals surface area contributed by atoms with E-state index >= 15 is 0 Å². The van der Waals surface area contributed by atoms with Crippen LogP contribution in [0, 0.1) is 5.82 Å². The zero-order valence-corrected chi connectivity index (χ0v) is 14.4. The first-order chi connectivity index (χ1) is 12.2. The van der Waals surface area contributed by atoms with Crippen molar-refractivity contribution in [3.8, 4) is 0 Å². The smallest absolute Gasteiger partial charge is 0.230 e. The molecule has 4 nitrogen and oxygen atoms in total. The van der Waals surface area contributed by atoms with Crippen molar-refractivity contribution in [2.45, 2.75) is 24.3 Å². The fourth-order valence-corrected chi connectivity index (χ4v) is 3.90. The van der Waals surface area contributed by atoms with E-state index in [-0.39, 0.29) is 17.8 Å². The molecule has 3 aromatic rings. The topological polar surface area (TPSA) is 46.9 Å². The fraction of sp³-hybridized carbons (Fsp3) is 0.263. The third kappa shape index (κ3) is 3.09. The maximum absolute atomic E-state index is 13.2. The van der Waals surface area contributed by atoms with Crippen molar-refractivity contribution in [2.24, 2.45) is 0 Å². The third-order valence-corrected chi connectivity index (χ3v) is 5.51. The highest BCUT2D eigenvalue weighted by Gasteiger charge is 2.51. The van der Waals surface area contributed by atoms with Gasteiger partial charge in [-0.1, -0.05) is 12.1 Å². The van der Waals surface area contributed by atoms with Crippen LogP contribution in [0.5, 0.6) is 0 Å². The molecule has 4 rings (SSSR count). The monoisotopic (exact) mass is 355 g/mol. The molecule has 1 aliphatic rings. The molecular weight excluding hydrogens is 337 g/mol. The lowest BCUT2D eigenvalue weighted by Crippen LogP contribution is -2.38. The second-order valence-electron chi connectivity index (χ2n) is 6.36. The van der Waals surface area contributed by atoms with Crippen LogP contribution in [0.3, 0.4) is 0 Å². The Hall–Kier alpha value is -2.47. The largest absolute Gasteiger partial charge is 0.353 e. The van der Waals surface area contributed by atoms with Crippen LogP contribution in [-0.2, 0) is 10.2 Å². The van der Waals surface area contributed by atoms with E-state index in [2.05, 4.69) is 21.9 Å². The molecule has 0 aliphatic heterocycles. The average molecular weight is 355 g/mol. The molecule has 1 saturated carbocycles. The highest BCUT2D eigenvalue weighted by atomic mass is 32.1. The van der Waals surface area contributed by atoms with Crippen molar-refractivity contribution >= 4 is 17.2 Å². The van der Waals surface area contributed by atoms with Gasteiger partial charge in [-0.2, -0.15) is 16.4 Å². The summed E-state index contributed by atoms with van der Waals surface area (Å²) >= 11 is 1.63. The van der Waals surface area contributed by atoms with Gasteiger partial charge in [-0.3, -0.25) is 9.48 Å². The number of rotatable bonds is 6. The molecule has 1 atom stereocenters. The van der Waals surface area contributed by atoms with Crippen molar-refractivity contribution in [1.82, 2.24) is 15.1 Å². The van der Waals surface area contributed by atoms with Gasteiger partial charge < -0.3 is 5.32 Å². The molecule has 128 valence electrons. The van der Waals surface area contributed by atoms with E-state index in [0.717, 1.165) is 24.0 Å². The van der Waals surface area contributed by atoms with Gasteiger partial charge in [-0.05, 0) is 59.0 Å². The maximum atomic E-state index is 13.2. The highest BCUT2D eigenvalue weighted by Crippen LogP contribution is 2.48. The number of carbonyl (C=O) groups is 1. The van der Waals surface area contributed by atoms with Gasteiger partial charge >= 0.3 is 0 Å². The molecular formula is C19H18FN3OS. The molecule has 2 aromatic heterocycles. The summed E-state index contributed by atoms with van der Waals surface area (Å²) < 4.78 is 15.0. The number of hydrogen-bond donors (Lipinski definition) is 1. The second kappa shape index (κ2) is 6.44. The van der Waals surface area contributed by atoms with Crippen LogP contribution in [0.4, 0.5) is 4.39 Å². The molecule has 1 amide bonds. The minimum absolute atomic E-state index is 0.00601. The fourth-order valence-electron chi connectivity index (χ4n) is 3.19. The van der Waals surface area contributed by atoms with Crippen LogP contribution in [0.15, 0.2) is 59.6 Å². The van der Waals surface area contributed by atoms with E-state index in [1.54, 1.807) is 29.7 Å². The lowest BCUT2D eigenvalue weighted by Gasteiger charge is -2.21. The molecule has 0 spiro atoms. The molecule has 0 saturated heterocycles. The first-order valence-corrected chi connectivity index (χ1v) is 9.19. The summed E-state index contributed by atoms with van der Waals surface area (Å²) in [6.45, 7) is 0.472. The number of amides is 1. The first kappa shape index (κ1) is 16.0. The zero-order valence-electron chi connectivity index (χ0n) is 13.6. The summed E-state index contributed by atoms with van der Waals surface area (Å²) in [5, 5.41) is 11.5. The lowest BCUT2D eigenvalue weighted by molar-refractivity contribution is -0.123. The van der Waals surface area contributed by atoms with Crippen LogP contribution < -0.4 is 5.32 Å². The summed E-state index contributed by atoms with van der Waals surface area (Å²) in [7, 11) is 0. The van der Waals surface area contributed by atoms with Crippen molar-refractivity contribution in [3.05, 3.63) is 76.5 Å². The van der Waals surface area contributed by atoms with Gasteiger partial charge in [0.05, 0.1) is 11.5 Å². The van der Waals surface area contributed by atoms with Crippen LogP contribution in [0.25, 0.3) is 0 Å². The number of nitrogens with one attached hydrogen (secondary N) is 1. The van der Waals surface area contributed by atoms with Gasteiger partial charge in [-0.25, -0.2) is 4.39 Å². The van der Waals surface area contributed by atoms with E-state index in [4.69, 9.17) is 0 Å². The summed E-state index contributed by atoms with van der Waals surface area (Å²) in [5.41, 5.74) is 1.51. The first-order valence-electron chi connectivity index (χ1n) is 8.25. The summed E-state index contributed by atoms with van der Waals surface area (Å²) in [4.78, 5) is 12.8. The number of thiophene rings is 1. The zero-order chi connectivity index (χ0) is 17.3. The number of carbonyl (C=O) groups excluding carboxylic acids is 1.